The summed E-state index contributed by atoms with van der Waals surface area (Å²) in [6.07, 6.45) is 0. The second-order valence-electron chi connectivity index (χ2n) is 6.49. The van der Waals surface area contributed by atoms with Crippen molar-refractivity contribution in [1.82, 2.24) is 9.80 Å². The van der Waals surface area contributed by atoms with Crippen molar-refractivity contribution >= 4 is 45.8 Å². The van der Waals surface area contributed by atoms with Gasteiger partial charge in [-0.15, -0.1) is 0 Å². The largest absolute Gasteiger partial charge is 0.325 e. The van der Waals surface area contributed by atoms with Crippen LogP contribution in [0.15, 0.2) is 54.6 Å². The van der Waals surface area contributed by atoms with E-state index in [0.29, 0.717) is 13.1 Å². The van der Waals surface area contributed by atoms with Gasteiger partial charge < -0.3 is 10.6 Å². The van der Waals surface area contributed by atoms with Crippen LogP contribution < -0.4 is 10.6 Å². The van der Waals surface area contributed by atoms with E-state index in [-0.39, 0.29) is 11.8 Å². The highest BCUT2D eigenvalue weighted by atomic mass is 127. The molecule has 0 atom stereocenters. The first kappa shape index (κ1) is 19.8. The van der Waals surface area contributed by atoms with Crippen LogP contribution in [0.4, 0.5) is 11.4 Å². The molecule has 1 saturated heterocycles. The van der Waals surface area contributed by atoms with Crippen LogP contribution in [0.1, 0.15) is 0 Å². The van der Waals surface area contributed by atoms with Crippen LogP contribution in [0.5, 0.6) is 0 Å². The van der Waals surface area contributed by atoms with Crippen LogP contribution in [0.3, 0.4) is 0 Å². The fourth-order valence-corrected chi connectivity index (χ4v) is 3.51. The zero-order valence-electron chi connectivity index (χ0n) is 15.0. The molecule has 1 aliphatic heterocycles. The summed E-state index contributed by atoms with van der Waals surface area (Å²) >= 11 is 2.21. The quantitative estimate of drug-likeness (QED) is 0.627. The lowest BCUT2D eigenvalue weighted by molar-refractivity contribution is -0.120. The molecule has 0 saturated carbocycles. The molecular formula is C20H23IN4O2. The van der Waals surface area contributed by atoms with E-state index in [1.165, 1.54) is 0 Å². The van der Waals surface area contributed by atoms with Crippen molar-refractivity contribution in [2.24, 2.45) is 0 Å². The minimum Gasteiger partial charge on any atom is -0.325 e. The van der Waals surface area contributed by atoms with Gasteiger partial charge in [-0.25, -0.2) is 0 Å². The molecule has 0 aliphatic carbocycles. The Bertz CT molecular complexity index is 777. The number of halogens is 1. The van der Waals surface area contributed by atoms with Crippen molar-refractivity contribution in [2.75, 3.05) is 49.9 Å². The molecule has 27 heavy (non-hydrogen) atoms. The number of carbonyl (C=O) groups excluding carboxylic acids is 2. The average Bonchev–Trinajstić information content (AvgIpc) is 2.66. The Kier molecular flexibility index (Phi) is 7.19. The van der Waals surface area contributed by atoms with Gasteiger partial charge in [-0.2, -0.15) is 0 Å². The summed E-state index contributed by atoms with van der Waals surface area (Å²) in [5, 5.41) is 5.87. The molecule has 3 rings (SSSR count). The predicted octanol–water partition coefficient (Wildman–Crippen LogP) is 2.49. The number of carbonyl (C=O) groups is 2. The number of anilines is 2. The minimum atomic E-state index is -0.00829. The summed E-state index contributed by atoms with van der Waals surface area (Å²) in [5.41, 5.74) is 1.66. The predicted molar refractivity (Wildman–Crippen MR) is 116 cm³/mol. The number of benzene rings is 2. The summed E-state index contributed by atoms with van der Waals surface area (Å²) < 4.78 is 1.03. The third-order valence-electron chi connectivity index (χ3n) is 4.40. The molecule has 2 amide bonds. The van der Waals surface area contributed by atoms with E-state index in [1.807, 2.05) is 54.6 Å². The van der Waals surface area contributed by atoms with Crippen molar-refractivity contribution in [3.63, 3.8) is 0 Å². The highest BCUT2D eigenvalue weighted by Gasteiger charge is 2.20. The van der Waals surface area contributed by atoms with Crippen molar-refractivity contribution in [1.29, 1.82) is 0 Å². The third-order valence-corrected chi connectivity index (χ3v) is 5.35. The molecule has 2 aromatic carbocycles. The summed E-state index contributed by atoms with van der Waals surface area (Å²) in [6, 6.07) is 17.2. The van der Waals surface area contributed by atoms with Crippen LogP contribution >= 0.6 is 22.6 Å². The first-order valence-electron chi connectivity index (χ1n) is 8.94. The van der Waals surface area contributed by atoms with E-state index in [0.717, 1.165) is 41.1 Å². The molecule has 0 unspecified atom stereocenters. The highest BCUT2D eigenvalue weighted by Crippen LogP contribution is 2.17. The molecule has 0 spiro atoms. The SMILES string of the molecule is O=C(CN1CCN(CC(=O)Nc2ccccc2I)CC1)Nc1ccccc1. The third kappa shape index (κ3) is 6.30. The van der Waals surface area contributed by atoms with Gasteiger partial charge in [-0.05, 0) is 46.9 Å². The van der Waals surface area contributed by atoms with Crippen LogP contribution in [0.25, 0.3) is 0 Å². The fourth-order valence-electron chi connectivity index (χ4n) is 2.99. The monoisotopic (exact) mass is 478 g/mol. The van der Waals surface area contributed by atoms with Crippen LogP contribution in [0.2, 0.25) is 0 Å². The molecule has 1 fully saturated rings. The van der Waals surface area contributed by atoms with Gasteiger partial charge in [0.2, 0.25) is 11.8 Å². The normalized spacial score (nSPS) is 15.3. The topological polar surface area (TPSA) is 64.7 Å². The van der Waals surface area contributed by atoms with Gasteiger partial charge in [0, 0.05) is 35.4 Å². The molecule has 0 aromatic heterocycles. The summed E-state index contributed by atoms with van der Waals surface area (Å²) in [6.45, 7) is 3.85. The molecule has 1 aliphatic rings. The average molecular weight is 478 g/mol. The van der Waals surface area contributed by atoms with Gasteiger partial charge in [0.1, 0.15) is 0 Å². The molecule has 142 valence electrons. The van der Waals surface area contributed by atoms with E-state index in [9.17, 15) is 9.59 Å². The Labute approximate surface area is 173 Å². The van der Waals surface area contributed by atoms with Crippen LogP contribution in [-0.2, 0) is 9.59 Å². The number of para-hydroxylation sites is 2. The molecule has 1 heterocycles. The van der Waals surface area contributed by atoms with Crippen molar-refractivity contribution in [3.8, 4) is 0 Å². The maximum Gasteiger partial charge on any atom is 0.238 e. The summed E-state index contributed by atoms with van der Waals surface area (Å²) in [7, 11) is 0. The first-order valence-corrected chi connectivity index (χ1v) is 10.0. The second kappa shape index (κ2) is 9.82. The number of nitrogens with one attached hydrogen (secondary N) is 2. The molecule has 2 N–H and O–H groups in total. The molecule has 0 radical (unpaired) electrons. The maximum absolute atomic E-state index is 12.3. The summed E-state index contributed by atoms with van der Waals surface area (Å²) in [4.78, 5) is 28.6. The van der Waals surface area contributed by atoms with Gasteiger partial charge in [-0.1, -0.05) is 30.3 Å². The molecule has 7 heteroatoms. The van der Waals surface area contributed by atoms with Gasteiger partial charge in [0.15, 0.2) is 0 Å². The number of rotatable bonds is 6. The number of amides is 2. The van der Waals surface area contributed by atoms with E-state index >= 15 is 0 Å². The Morgan fingerprint density at radius 1 is 0.778 bits per heavy atom. The number of nitrogens with zero attached hydrogens (tertiary/aromatic N) is 2. The van der Waals surface area contributed by atoms with Gasteiger partial charge in [0.25, 0.3) is 0 Å². The number of hydrogen-bond donors (Lipinski definition) is 2. The van der Waals surface area contributed by atoms with Crippen molar-refractivity contribution in [3.05, 3.63) is 58.2 Å². The lowest BCUT2D eigenvalue weighted by atomic mass is 10.3. The Balaban J connectivity index is 1.39. The van der Waals surface area contributed by atoms with Gasteiger partial charge >= 0.3 is 0 Å². The molecule has 6 nitrogen and oxygen atoms in total. The molecular weight excluding hydrogens is 455 g/mol. The smallest absolute Gasteiger partial charge is 0.238 e. The zero-order valence-corrected chi connectivity index (χ0v) is 17.2. The number of hydrogen-bond acceptors (Lipinski definition) is 4. The Morgan fingerprint density at radius 3 is 1.89 bits per heavy atom. The van der Waals surface area contributed by atoms with Crippen LogP contribution in [0, 0.1) is 3.57 Å². The summed E-state index contributed by atoms with van der Waals surface area (Å²) in [5.74, 6) is -0.0135. The highest BCUT2D eigenvalue weighted by molar-refractivity contribution is 14.1. The van der Waals surface area contributed by atoms with Gasteiger partial charge in [0.05, 0.1) is 18.8 Å². The number of piperazine rings is 1. The fraction of sp³-hybridized carbons (Fsp3) is 0.300. The van der Waals surface area contributed by atoms with Gasteiger partial charge in [-0.3, -0.25) is 19.4 Å². The minimum absolute atomic E-state index is 0.00520. The van der Waals surface area contributed by atoms with Crippen LogP contribution in [-0.4, -0.2) is 60.9 Å². The molecule has 0 bridgehead atoms. The van der Waals surface area contributed by atoms with E-state index in [4.69, 9.17) is 0 Å². The Morgan fingerprint density at radius 2 is 1.30 bits per heavy atom. The maximum atomic E-state index is 12.3. The first-order chi connectivity index (χ1) is 13.1. The second-order valence-corrected chi connectivity index (χ2v) is 7.66. The van der Waals surface area contributed by atoms with E-state index in [2.05, 4.69) is 43.0 Å². The zero-order chi connectivity index (χ0) is 19.1. The van der Waals surface area contributed by atoms with E-state index in [1.54, 1.807) is 0 Å². The van der Waals surface area contributed by atoms with E-state index < -0.39 is 0 Å². The molecule has 2 aromatic rings. The Hall–Kier alpha value is -1.97. The lowest BCUT2D eigenvalue weighted by Gasteiger charge is -2.33. The van der Waals surface area contributed by atoms with Crippen molar-refractivity contribution in [2.45, 2.75) is 0 Å². The van der Waals surface area contributed by atoms with Crippen molar-refractivity contribution < 1.29 is 9.59 Å². The standard InChI is InChI=1S/C20H23IN4O2/c21-17-8-4-5-9-18(17)23-20(27)15-25-12-10-24(11-13-25)14-19(26)22-16-6-2-1-3-7-16/h1-9H,10-15H2,(H,22,26)(H,23,27). The lowest BCUT2D eigenvalue weighted by Crippen LogP contribution is -2.50.